The van der Waals surface area contributed by atoms with Gasteiger partial charge in [-0.1, -0.05) is 60.2 Å². The number of hydrogen-bond donors (Lipinski definition) is 0. The smallest absolute Gasteiger partial charge is 0.207 e. The van der Waals surface area contributed by atoms with Crippen molar-refractivity contribution in [2.45, 2.75) is 28.6 Å². The number of alkyl halides is 1. The van der Waals surface area contributed by atoms with Gasteiger partial charge in [-0.05, 0) is 29.7 Å². The van der Waals surface area contributed by atoms with Crippen molar-refractivity contribution in [2.24, 2.45) is 0 Å². The molecule has 0 saturated heterocycles. The van der Waals surface area contributed by atoms with Gasteiger partial charge in [0.2, 0.25) is 9.84 Å². The van der Waals surface area contributed by atoms with E-state index in [1.54, 1.807) is 18.3 Å². The Labute approximate surface area is 144 Å². The molecule has 0 bridgehead atoms. The molecule has 114 valence electrons. The molecule has 1 aromatic heterocycles. The quantitative estimate of drug-likeness (QED) is 0.530. The highest BCUT2D eigenvalue weighted by molar-refractivity contribution is 14.1. The molecule has 0 N–H and O–H groups in total. The average molecular weight is 425 g/mol. The molecule has 1 aliphatic rings. The molecule has 22 heavy (non-hydrogen) atoms. The Bertz CT molecular complexity index is 826. The van der Waals surface area contributed by atoms with E-state index < -0.39 is 9.84 Å². The van der Waals surface area contributed by atoms with Crippen LogP contribution in [0, 0.1) is 0 Å². The van der Waals surface area contributed by atoms with Gasteiger partial charge < -0.3 is 0 Å². The molecular weight excluding hydrogens is 409 g/mol. The highest BCUT2D eigenvalue weighted by Gasteiger charge is 2.30. The first-order valence-corrected chi connectivity index (χ1v) is 9.92. The summed E-state index contributed by atoms with van der Waals surface area (Å²) in [7, 11) is -3.42. The largest absolute Gasteiger partial charge is 0.264 e. The Morgan fingerprint density at radius 2 is 1.91 bits per heavy atom. The zero-order chi connectivity index (χ0) is 15.7. The van der Waals surface area contributed by atoms with Crippen LogP contribution in [0.2, 0.25) is 0 Å². The fourth-order valence-corrected chi connectivity index (χ4v) is 5.26. The molecule has 1 aromatic carbocycles. The number of hydrogen-bond acceptors (Lipinski definition) is 3. The summed E-state index contributed by atoms with van der Waals surface area (Å²) < 4.78 is 25.7. The zero-order valence-corrected chi connectivity index (χ0v) is 15.1. The fourth-order valence-electron chi connectivity index (χ4n) is 2.60. The summed E-state index contributed by atoms with van der Waals surface area (Å²) in [6, 6.07) is 9.42. The number of rotatable bonds is 4. The van der Waals surface area contributed by atoms with Crippen LogP contribution in [-0.2, 0) is 9.84 Å². The van der Waals surface area contributed by atoms with Crippen molar-refractivity contribution >= 4 is 43.4 Å². The van der Waals surface area contributed by atoms with Crippen LogP contribution in [0.5, 0.6) is 0 Å². The summed E-state index contributed by atoms with van der Waals surface area (Å²) in [5, 5.41) is 0. The van der Waals surface area contributed by atoms with Gasteiger partial charge in [0.25, 0.3) is 0 Å². The Morgan fingerprint density at radius 3 is 2.55 bits per heavy atom. The molecule has 1 atom stereocenters. The predicted octanol–water partition coefficient (Wildman–Crippen LogP) is 4.64. The first kappa shape index (κ1) is 15.7. The second-order valence-corrected chi connectivity index (χ2v) is 8.69. The summed E-state index contributed by atoms with van der Waals surface area (Å²) in [5.41, 5.74) is 2.64. The van der Waals surface area contributed by atoms with Crippen LogP contribution in [0.1, 0.15) is 40.4 Å². The van der Waals surface area contributed by atoms with E-state index in [-0.39, 0.29) is 0 Å². The lowest BCUT2D eigenvalue weighted by Crippen LogP contribution is -2.00. The minimum atomic E-state index is -3.42. The van der Waals surface area contributed by atoms with Crippen molar-refractivity contribution in [3.05, 3.63) is 59.4 Å². The van der Waals surface area contributed by atoms with Crippen LogP contribution in [0.25, 0.3) is 11.0 Å². The van der Waals surface area contributed by atoms with E-state index in [0.29, 0.717) is 19.3 Å². The minimum Gasteiger partial charge on any atom is -0.264 e. The minimum absolute atomic E-state index is 0.347. The molecular formula is C17H16INO2S. The second kappa shape index (κ2) is 6.12. The molecule has 0 fully saturated rings. The Morgan fingerprint density at radius 1 is 1.18 bits per heavy atom. The van der Waals surface area contributed by atoms with Crippen LogP contribution in [0.15, 0.2) is 47.6 Å². The van der Waals surface area contributed by atoms with Gasteiger partial charge in [0.15, 0.2) is 0 Å². The molecule has 2 aromatic rings. The molecule has 0 saturated carbocycles. The summed E-state index contributed by atoms with van der Waals surface area (Å²) in [4.78, 5) is 4.71. The van der Waals surface area contributed by atoms with Gasteiger partial charge in [0.1, 0.15) is 0 Å². The van der Waals surface area contributed by atoms with Crippen LogP contribution in [-0.4, -0.2) is 13.4 Å². The number of fused-ring (bicyclic) bond motifs is 1. The third-order valence-electron chi connectivity index (χ3n) is 3.77. The fraction of sp³-hybridized carbons (Fsp3) is 0.235. The van der Waals surface area contributed by atoms with Crippen LogP contribution in [0.3, 0.4) is 0 Å². The van der Waals surface area contributed by atoms with Gasteiger partial charge in [-0.2, -0.15) is 0 Å². The van der Waals surface area contributed by atoms with Gasteiger partial charge >= 0.3 is 0 Å². The molecule has 5 heteroatoms. The van der Waals surface area contributed by atoms with E-state index in [4.69, 9.17) is 0 Å². The standard InChI is InChI=1S/C17H16INO2S/c1-2-3-15(18)12-4-6-13(7-5-12)17-10-14-11-19-9-8-16(14)22(17,20)21/h4-11,15H,2-3H2,1H3. The Kier molecular flexibility index (Phi) is 4.36. The predicted molar refractivity (Wildman–Crippen MR) is 97.4 cm³/mol. The van der Waals surface area contributed by atoms with Gasteiger partial charge in [0.05, 0.1) is 9.80 Å². The lowest BCUT2D eigenvalue weighted by atomic mass is 10.1. The lowest BCUT2D eigenvalue weighted by molar-refractivity contribution is 0.606. The third-order valence-corrected chi connectivity index (χ3v) is 7.00. The molecule has 2 heterocycles. The van der Waals surface area contributed by atoms with Crippen LogP contribution < -0.4 is 0 Å². The van der Waals surface area contributed by atoms with Crippen molar-refractivity contribution in [2.75, 3.05) is 0 Å². The topological polar surface area (TPSA) is 47.0 Å². The zero-order valence-electron chi connectivity index (χ0n) is 12.2. The number of nitrogens with zero attached hydrogens (tertiary/aromatic N) is 1. The number of halogens is 1. The first-order valence-electron chi connectivity index (χ1n) is 7.19. The summed E-state index contributed by atoms with van der Waals surface area (Å²) in [6.45, 7) is 2.17. The van der Waals surface area contributed by atoms with Crippen molar-refractivity contribution < 1.29 is 8.42 Å². The highest BCUT2D eigenvalue weighted by Crippen LogP contribution is 2.38. The van der Waals surface area contributed by atoms with Crippen molar-refractivity contribution in [3.63, 3.8) is 0 Å². The van der Waals surface area contributed by atoms with Crippen molar-refractivity contribution in [1.29, 1.82) is 0 Å². The number of benzene rings is 1. The summed E-state index contributed by atoms with van der Waals surface area (Å²) >= 11 is 2.43. The number of aromatic nitrogens is 1. The molecule has 0 radical (unpaired) electrons. The molecule has 3 rings (SSSR count). The van der Waals surface area contributed by atoms with Crippen molar-refractivity contribution in [3.8, 4) is 0 Å². The maximum absolute atomic E-state index is 12.6. The van der Waals surface area contributed by atoms with Gasteiger partial charge in [-0.15, -0.1) is 0 Å². The van der Waals surface area contributed by atoms with Crippen molar-refractivity contribution in [1.82, 2.24) is 4.98 Å². The van der Waals surface area contributed by atoms with Gasteiger partial charge in [-0.3, -0.25) is 4.98 Å². The van der Waals surface area contributed by atoms with E-state index in [1.165, 1.54) is 11.8 Å². The van der Waals surface area contributed by atoms with Gasteiger partial charge in [0, 0.05) is 21.9 Å². The maximum Gasteiger partial charge on any atom is 0.207 e. The molecule has 0 aliphatic carbocycles. The summed E-state index contributed by atoms with van der Waals surface area (Å²) in [5.74, 6) is 0. The third kappa shape index (κ3) is 2.72. The van der Waals surface area contributed by atoms with E-state index in [1.807, 2.05) is 24.3 Å². The molecule has 0 amide bonds. The highest BCUT2D eigenvalue weighted by atomic mass is 127. The lowest BCUT2D eigenvalue weighted by Gasteiger charge is -2.10. The monoisotopic (exact) mass is 425 g/mol. The molecule has 3 nitrogen and oxygen atoms in total. The first-order chi connectivity index (χ1) is 10.5. The van der Waals surface area contributed by atoms with Crippen LogP contribution >= 0.6 is 22.6 Å². The van der Waals surface area contributed by atoms with Gasteiger partial charge in [-0.25, -0.2) is 8.42 Å². The number of pyridine rings is 1. The second-order valence-electron chi connectivity index (χ2n) is 5.30. The van der Waals surface area contributed by atoms with Crippen LogP contribution in [0.4, 0.5) is 0 Å². The molecule has 1 aliphatic heterocycles. The Hall–Kier alpha value is -1.21. The van der Waals surface area contributed by atoms with E-state index >= 15 is 0 Å². The Balaban J connectivity index is 1.97. The number of sulfone groups is 1. The SMILES string of the molecule is CCCC(I)c1ccc(C2=Cc3cnccc3S2(=O)=O)cc1. The van der Waals surface area contributed by atoms with E-state index in [2.05, 4.69) is 34.5 Å². The maximum atomic E-state index is 12.6. The summed E-state index contributed by atoms with van der Waals surface area (Å²) in [6.07, 6.45) is 7.08. The molecule has 0 spiro atoms. The normalized spacial score (nSPS) is 16.9. The average Bonchev–Trinajstić information content (AvgIpc) is 2.80. The van der Waals surface area contributed by atoms with E-state index in [0.717, 1.165) is 18.4 Å². The van der Waals surface area contributed by atoms with E-state index in [9.17, 15) is 8.42 Å². The molecule has 1 unspecified atom stereocenters.